The lowest BCUT2D eigenvalue weighted by atomic mass is 9.97. The van der Waals surface area contributed by atoms with E-state index in [0.29, 0.717) is 0 Å². The first-order chi connectivity index (χ1) is 21.3. The summed E-state index contributed by atoms with van der Waals surface area (Å²) in [5, 5.41) is 2.36. The van der Waals surface area contributed by atoms with E-state index in [1.54, 1.807) is 0 Å². The van der Waals surface area contributed by atoms with E-state index in [0.717, 1.165) is 78.3 Å². The van der Waals surface area contributed by atoms with E-state index < -0.39 is 0 Å². The van der Waals surface area contributed by atoms with Gasteiger partial charge in [-0.2, -0.15) is 0 Å². The van der Waals surface area contributed by atoms with Gasteiger partial charge in [-0.1, -0.05) is 115 Å². The normalized spacial score (nSPS) is 11.7. The summed E-state index contributed by atoms with van der Waals surface area (Å²) in [5.74, 6) is 0. The van der Waals surface area contributed by atoms with Crippen LogP contribution in [-0.2, 0) is 0 Å². The number of benzene rings is 5. The predicted molar refractivity (Wildman–Crippen MR) is 178 cm³/mol. The van der Waals surface area contributed by atoms with Crippen molar-refractivity contribution in [3.8, 4) is 67.3 Å². The lowest BCUT2D eigenvalue weighted by molar-refractivity contribution is 1.30. The number of aromatic nitrogens is 3. The standard InChI is InChI=1S/C40H25N3/c1-3-10-25(11-4-1)29-21-35-27-14-7-15-28(20-27)36-22-30(26-12-5-2-6-13-26)24-38(42-36)34-19-9-17-32-31-16-8-18-33(37(23-29)41-35)39(31)43-40(32)34/h1-24,43H. The van der Waals surface area contributed by atoms with Crippen molar-refractivity contribution in [2.75, 3.05) is 0 Å². The van der Waals surface area contributed by atoms with Crippen molar-refractivity contribution in [1.82, 2.24) is 15.0 Å². The molecule has 9 rings (SSSR count). The quantitative estimate of drug-likeness (QED) is 0.234. The van der Waals surface area contributed by atoms with Crippen molar-refractivity contribution in [3.63, 3.8) is 0 Å². The summed E-state index contributed by atoms with van der Waals surface area (Å²) >= 11 is 0. The van der Waals surface area contributed by atoms with E-state index in [-0.39, 0.29) is 0 Å². The van der Waals surface area contributed by atoms with Crippen molar-refractivity contribution in [1.29, 1.82) is 0 Å². The third-order valence-electron chi connectivity index (χ3n) is 8.54. The maximum Gasteiger partial charge on any atom is 0.0736 e. The molecule has 4 heterocycles. The Hall–Kier alpha value is -5.80. The van der Waals surface area contributed by atoms with Gasteiger partial charge in [0.15, 0.2) is 0 Å². The summed E-state index contributed by atoms with van der Waals surface area (Å²) in [6.07, 6.45) is 0. The minimum Gasteiger partial charge on any atom is -0.353 e. The van der Waals surface area contributed by atoms with Crippen LogP contribution in [0.5, 0.6) is 0 Å². The molecule has 43 heavy (non-hydrogen) atoms. The Morgan fingerprint density at radius 2 is 0.744 bits per heavy atom. The highest BCUT2D eigenvalue weighted by atomic mass is 14.8. The van der Waals surface area contributed by atoms with E-state index in [9.17, 15) is 0 Å². The van der Waals surface area contributed by atoms with Gasteiger partial charge in [0.05, 0.1) is 33.8 Å². The molecule has 0 aliphatic carbocycles. The molecule has 8 bridgehead atoms. The molecule has 1 aliphatic heterocycles. The van der Waals surface area contributed by atoms with E-state index in [1.165, 1.54) is 10.8 Å². The van der Waals surface area contributed by atoms with Crippen LogP contribution in [0.4, 0.5) is 0 Å². The van der Waals surface area contributed by atoms with Gasteiger partial charge in [-0.05, 0) is 52.6 Å². The molecule has 1 aliphatic rings. The second kappa shape index (κ2) is 9.37. The molecule has 0 fully saturated rings. The molecule has 1 N–H and O–H groups in total. The number of hydrogen-bond acceptors (Lipinski definition) is 2. The number of nitrogens with one attached hydrogen (secondary N) is 1. The first-order valence-corrected chi connectivity index (χ1v) is 14.6. The number of pyridine rings is 2. The molecule has 8 aromatic rings. The number of para-hydroxylation sites is 2. The second-order valence-corrected chi connectivity index (χ2v) is 11.1. The second-order valence-electron chi connectivity index (χ2n) is 11.1. The Kier molecular flexibility index (Phi) is 5.20. The van der Waals surface area contributed by atoms with Gasteiger partial charge < -0.3 is 4.98 Å². The molecule has 3 nitrogen and oxygen atoms in total. The van der Waals surface area contributed by atoms with E-state index in [1.807, 2.05) is 0 Å². The molecule has 0 atom stereocenters. The molecule has 0 unspecified atom stereocenters. The van der Waals surface area contributed by atoms with Gasteiger partial charge in [-0.15, -0.1) is 0 Å². The van der Waals surface area contributed by atoms with E-state index in [4.69, 9.17) is 9.97 Å². The summed E-state index contributed by atoms with van der Waals surface area (Å²) in [5.41, 5.74) is 14.8. The fourth-order valence-electron chi connectivity index (χ4n) is 6.44. The third kappa shape index (κ3) is 3.90. The lowest BCUT2D eigenvalue weighted by Crippen LogP contribution is -1.94. The highest BCUT2D eigenvalue weighted by molar-refractivity contribution is 6.15. The molecule has 200 valence electrons. The molecular weight excluding hydrogens is 522 g/mol. The lowest BCUT2D eigenvalue weighted by Gasteiger charge is -2.14. The zero-order chi connectivity index (χ0) is 28.3. The first-order valence-electron chi connectivity index (χ1n) is 14.6. The highest BCUT2D eigenvalue weighted by Gasteiger charge is 2.18. The number of aromatic amines is 1. The Morgan fingerprint density at radius 3 is 1.23 bits per heavy atom. The number of rotatable bonds is 2. The summed E-state index contributed by atoms with van der Waals surface area (Å²) in [6.45, 7) is 0. The summed E-state index contributed by atoms with van der Waals surface area (Å²) in [6, 6.07) is 51.6. The molecular formula is C40H25N3. The number of H-pyrrole nitrogens is 1. The van der Waals surface area contributed by atoms with Crippen molar-refractivity contribution in [3.05, 3.63) is 146 Å². The van der Waals surface area contributed by atoms with Gasteiger partial charge in [0.2, 0.25) is 0 Å². The highest BCUT2D eigenvalue weighted by Crippen LogP contribution is 2.40. The minimum absolute atomic E-state index is 0.934. The van der Waals surface area contributed by atoms with E-state index >= 15 is 0 Å². The minimum atomic E-state index is 0.934. The van der Waals surface area contributed by atoms with Crippen LogP contribution in [0.3, 0.4) is 0 Å². The summed E-state index contributed by atoms with van der Waals surface area (Å²) < 4.78 is 0. The zero-order valence-electron chi connectivity index (χ0n) is 23.3. The largest absolute Gasteiger partial charge is 0.353 e. The van der Waals surface area contributed by atoms with Gasteiger partial charge in [0.25, 0.3) is 0 Å². The molecule has 5 aromatic carbocycles. The molecule has 3 aromatic heterocycles. The predicted octanol–water partition coefficient (Wildman–Crippen LogP) is 10.4. The van der Waals surface area contributed by atoms with Crippen LogP contribution in [0.25, 0.3) is 89.1 Å². The fraction of sp³-hybridized carbons (Fsp3) is 0. The van der Waals surface area contributed by atoms with Crippen LogP contribution in [0, 0.1) is 0 Å². The maximum absolute atomic E-state index is 5.29. The first kappa shape index (κ1) is 23.9. The number of fused-ring (bicyclic) bond motifs is 11. The fourth-order valence-corrected chi connectivity index (χ4v) is 6.44. The van der Waals surface area contributed by atoms with Crippen molar-refractivity contribution < 1.29 is 0 Å². The van der Waals surface area contributed by atoms with Crippen LogP contribution in [0.2, 0.25) is 0 Å². The molecule has 3 heteroatoms. The molecule has 0 amide bonds. The van der Waals surface area contributed by atoms with Crippen LogP contribution < -0.4 is 0 Å². The van der Waals surface area contributed by atoms with Crippen LogP contribution in [0.1, 0.15) is 0 Å². The summed E-state index contributed by atoms with van der Waals surface area (Å²) in [4.78, 5) is 14.4. The van der Waals surface area contributed by atoms with Crippen LogP contribution in [0.15, 0.2) is 146 Å². The van der Waals surface area contributed by atoms with Crippen molar-refractivity contribution in [2.45, 2.75) is 0 Å². The number of nitrogens with zero attached hydrogens (tertiary/aromatic N) is 2. The Morgan fingerprint density at radius 1 is 0.326 bits per heavy atom. The summed E-state index contributed by atoms with van der Waals surface area (Å²) in [7, 11) is 0. The topological polar surface area (TPSA) is 41.6 Å². The van der Waals surface area contributed by atoms with Crippen LogP contribution in [-0.4, -0.2) is 15.0 Å². The SMILES string of the molecule is c1ccc(-c2cc3nc(c2)-c2cccc4c2[nH]c2c(cccc24)-c2cc(-c4ccccc4)cc(n2)-c2cccc-3c2)cc1. The van der Waals surface area contributed by atoms with Crippen molar-refractivity contribution in [2.24, 2.45) is 0 Å². The molecule has 0 saturated heterocycles. The Bertz CT molecular complexity index is 2170. The molecule has 0 spiro atoms. The Balaban J connectivity index is 1.43. The smallest absolute Gasteiger partial charge is 0.0736 e. The van der Waals surface area contributed by atoms with Gasteiger partial charge in [-0.3, -0.25) is 0 Å². The molecule has 0 saturated carbocycles. The van der Waals surface area contributed by atoms with E-state index in [2.05, 4.69) is 151 Å². The van der Waals surface area contributed by atoms with Gasteiger partial charge in [-0.25, -0.2) is 9.97 Å². The average molecular weight is 548 g/mol. The molecule has 0 radical (unpaired) electrons. The number of hydrogen-bond donors (Lipinski definition) is 1. The van der Waals surface area contributed by atoms with Gasteiger partial charge in [0.1, 0.15) is 0 Å². The maximum atomic E-state index is 5.29. The Labute approximate surface area is 249 Å². The average Bonchev–Trinajstić information content (AvgIpc) is 3.47. The zero-order valence-corrected chi connectivity index (χ0v) is 23.3. The van der Waals surface area contributed by atoms with Crippen LogP contribution >= 0.6 is 0 Å². The monoisotopic (exact) mass is 547 g/mol. The van der Waals surface area contributed by atoms with Gasteiger partial charge >= 0.3 is 0 Å². The third-order valence-corrected chi connectivity index (χ3v) is 8.54. The van der Waals surface area contributed by atoms with Gasteiger partial charge in [0, 0.05) is 33.0 Å². The van der Waals surface area contributed by atoms with Crippen molar-refractivity contribution >= 4 is 21.8 Å².